The van der Waals surface area contributed by atoms with Crippen molar-refractivity contribution in [2.75, 3.05) is 6.61 Å². The molecule has 3 nitrogen and oxygen atoms in total. The molecule has 1 aromatic heterocycles. The summed E-state index contributed by atoms with van der Waals surface area (Å²) in [6.45, 7) is 4.37. The van der Waals surface area contributed by atoms with Crippen molar-refractivity contribution in [3.63, 3.8) is 0 Å². The van der Waals surface area contributed by atoms with Crippen molar-refractivity contribution >= 4 is 10.9 Å². The summed E-state index contributed by atoms with van der Waals surface area (Å²) in [5, 5.41) is 10.6. The molecule has 2 rings (SSSR count). The Hall–Kier alpha value is -1.48. The van der Waals surface area contributed by atoms with Gasteiger partial charge in [-0.25, -0.2) is 0 Å². The summed E-state index contributed by atoms with van der Waals surface area (Å²) in [6.07, 6.45) is 1.38. The van der Waals surface area contributed by atoms with Crippen LogP contribution >= 0.6 is 0 Å². The van der Waals surface area contributed by atoms with Crippen molar-refractivity contribution < 1.29 is 9.84 Å². The second kappa shape index (κ2) is 3.95. The second-order valence-electron chi connectivity index (χ2n) is 3.56. The topological polar surface area (TPSA) is 45.2 Å². The zero-order valence-electron chi connectivity index (χ0n) is 8.95. The highest BCUT2D eigenvalue weighted by Gasteiger charge is 2.08. The predicted molar refractivity (Wildman–Crippen MR) is 60.1 cm³/mol. The lowest BCUT2D eigenvalue weighted by atomic mass is 10.1. The fourth-order valence-electron chi connectivity index (χ4n) is 1.72. The first-order valence-corrected chi connectivity index (χ1v) is 5.14. The van der Waals surface area contributed by atoms with Gasteiger partial charge in [-0.1, -0.05) is 0 Å². The van der Waals surface area contributed by atoms with Gasteiger partial charge in [0.25, 0.3) is 0 Å². The molecular weight excluding hydrogens is 190 g/mol. The Morgan fingerprint density at radius 2 is 2.27 bits per heavy atom. The van der Waals surface area contributed by atoms with Crippen molar-refractivity contribution in [1.29, 1.82) is 0 Å². The third-order valence-electron chi connectivity index (χ3n) is 2.45. The minimum absolute atomic E-state index is 0.462. The van der Waals surface area contributed by atoms with Gasteiger partial charge in [0.15, 0.2) is 0 Å². The van der Waals surface area contributed by atoms with Crippen molar-refractivity contribution in [3.05, 3.63) is 30.0 Å². The molecule has 0 fully saturated rings. The largest absolute Gasteiger partial charge is 0.494 e. The van der Waals surface area contributed by atoms with E-state index in [4.69, 9.17) is 4.74 Å². The first-order chi connectivity index (χ1) is 7.22. The van der Waals surface area contributed by atoms with E-state index in [0.29, 0.717) is 6.61 Å². The number of aliphatic hydroxyl groups excluding tert-OH is 1. The lowest BCUT2D eigenvalue weighted by Crippen LogP contribution is -1.92. The standard InChI is InChI=1S/C12H15NO2/c1-3-15-9-4-5-12-10(6-9)11(7-13-12)8(2)14/h4-8,13-14H,3H2,1-2H3/t8-/m1/s1. The summed E-state index contributed by atoms with van der Waals surface area (Å²) < 4.78 is 5.42. The maximum absolute atomic E-state index is 9.57. The highest BCUT2D eigenvalue weighted by Crippen LogP contribution is 2.27. The Morgan fingerprint density at radius 1 is 1.47 bits per heavy atom. The second-order valence-corrected chi connectivity index (χ2v) is 3.56. The van der Waals surface area contributed by atoms with Crippen molar-refractivity contribution in [2.45, 2.75) is 20.0 Å². The van der Waals surface area contributed by atoms with Crippen LogP contribution in [0.3, 0.4) is 0 Å². The highest BCUT2D eigenvalue weighted by atomic mass is 16.5. The molecule has 0 bridgehead atoms. The fourth-order valence-corrected chi connectivity index (χ4v) is 1.72. The smallest absolute Gasteiger partial charge is 0.120 e. The quantitative estimate of drug-likeness (QED) is 0.809. The molecule has 1 aromatic carbocycles. The Bertz CT molecular complexity index is 460. The lowest BCUT2D eigenvalue weighted by Gasteiger charge is -2.05. The van der Waals surface area contributed by atoms with Gasteiger partial charge in [-0.3, -0.25) is 0 Å². The highest BCUT2D eigenvalue weighted by molar-refractivity contribution is 5.84. The summed E-state index contributed by atoms with van der Waals surface area (Å²) in [4.78, 5) is 3.12. The molecule has 1 atom stereocenters. The lowest BCUT2D eigenvalue weighted by molar-refractivity contribution is 0.201. The van der Waals surface area contributed by atoms with Crippen LogP contribution in [0.4, 0.5) is 0 Å². The molecule has 0 aliphatic carbocycles. The number of fused-ring (bicyclic) bond motifs is 1. The summed E-state index contributed by atoms with van der Waals surface area (Å²) in [7, 11) is 0. The minimum Gasteiger partial charge on any atom is -0.494 e. The molecule has 0 unspecified atom stereocenters. The molecule has 3 heteroatoms. The number of hydrogen-bond acceptors (Lipinski definition) is 2. The summed E-state index contributed by atoms with van der Waals surface area (Å²) >= 11 is 0. The molecule has 15 heavy (non-hydrogen) atoms. The van der Waals surface area contributed by atoms with E-state index in [1.807, 2.05) is 31.3 Å². The predicted octanol–water partition coefficient (Wildman–Crippen LogP) is 2.62. The van der Waals surface area contributed by atoms with E-state index in [1.54, 1.807) is 6.92 Å². The molecule has 1 heterocycles. The molecule has 0 amide bonds. The van der Waals surface area contributed by atoms with Gasteiger partial charge in [0.1, 0.15) is 5.75 Å². The van der Waals surface area contributed by atoms with E-state index in [9.17, 15) is 5.11 Å². The maximum atomic E-state index is 9.57. The summed E-state index contributed by atoms with van der Waals surface area (Å²) in [6, 6.07) is 5.84. The minimum atomic E-state index is -0.462. The molecule has 0 aliphatic heterocycles. The van der Waals surface area contributed by atoms with Crippen LogP contribution in [0.25, 0.3) is 10.9 Å². The van der Waals surface area contributed by atoms with Crippen LogP contribution < -0.4 is 4.74 Å². The molecule has 0 radical (unpaired) electrons. The number of aliphatic hydroxyl groups is 1. The van der Waals surface area contributed by atoms with Crippen LogP contribution in [0.5, 0.6) is 5.75 Å². The number of H-pyrrole nitrogens is 1. The van der Waals surface area contributed by atoms with Crippen LogP contribution in [-0.2, 0) is 0 Å². The van der Waals surface area contributed by atoms with Gasteiger partial charge in [0.2, 0.25) is 0 Å². The van der Waals surface area contributed by atoms with Crippen molar-refractivity contribution in [1.82, 2.24) is 4.98 Å². The number of hydrogen-bond donors (Lipinski definition) is 2. The zero-order valence-corrected chi connectivity index (χ0v) is 8.95. The molecule has 0 aliphatic rings. The van der Waals surface area contributed by atoms with Crippen LogP contribution in [0.2, 0.25) is 0 Å². The maximum Gasteiger partial charge on any atom is 0.120 e. The Kier molecular flexibility index (Phi) is 2.64. The number of aromatic nitrogens is 1. The van der Waals surface area contributed by atoms with Gasteiger partial charge in [-0.05, 0) is 32.0 Å². The van der Waals surface area contributed by atoms with Crippen LogP contribution in [0.1, 0.15) is 25.5 Å². The van der Waals surface area contributed by atoms with Gasteiger partial charge in [-0.15, -0.1) is 0 Å². The molecule has 2 N–H and O–H groups in total. The van der Waals surface area contributed by atoms with Crippen LogP contribution in [0.15, 0.2) is 24.4 Å². The van der Waals surface area contributed by atoms with Crippen molar-refractivity contribution in [3.8, 4) is 5.75 Å². The Morgan fingerprint density at radius 3 is 2.93 bits per heavy atom. The van der Waals surface area contributed by atoms with Crippen molar-refractivity contribution in [2.24, 2.45) is 0 Å². The molecule has 80 valence electrons. The SMILES string of the molecule is CCOc1ccc2[nH]cc([C@@H](C)O)c2c1. The zero-order chi connectivity index (χ0) is 10.8. The summed E-state index contributed by atoms with van der Waals surface area (Å²) in [5.74, 6) is 0.839. The number of nitrogens with one attached hydrogen (secondary N) is 1. The van der Waals surface area contributed by atoms with Crippen LogP contribution in [0, 0.1) is 0 Å². The number of aromatic amines is 1. The van der Waals surface area contributed by atoms with Gasteiger partial charge in [0, 0.05) is 22.7 Å². The molecule has 0 spiro atoms. The fraction of sp³-hybridized carbons (Fsp3) is 0.333. The van der Waals surface area contributed by atoms with E-state index in [0.717, 1.165) is 22.2 Å². The molecule has 0 saturated heterocycles. The van der Waals surface area contributed by atoms with Gasteiger partial charge in [0.05, 0.1) is 12.7 Å². The summed E-state index contributed by atoms with van der Waals surface area (Å²) in [5.41, 5.74) is 1.93. The Labute approximate surface area is 88.7 Å². The number of ether oxygens (including phenoxy) is 1. The van der Waals surface area contributed by atoms with E-state index in [1.165, 1.54) is 0 Å². The van der Waals surface area contributed by atoms with Gasteiger partial charge in [-0.2, -0.15) is 0 Å². The van der Waals surface area contributed by atoms with E-state index < -0.39 is 6.10 Å². The first kappa shape index (κ1) is 10.1. The van der Waals surface area contributed by atoms with E-state index in [2.05, 4.69) is 4.98 Å². The molecular formula is C12H15NO2. The van der Waals surface area contributed by atoms with Crippen LogP contribution in [-0.4, -0.2) is 16.7 Å². The molecule has 2 aromatic rings. The average molecular weight is 205 g/mol. The number of rotatable bonds is 3. The molecule has 0 saturated carbocycles. The van der Waals surface area contributed by atoms with Gasteiger partial charge >= 0.3 is 0 Å². The number of benzene rings is 1. The monoisotopic (exact) mass is 205 g/mol. The third-order valence-corrected chi connectivity index (χ3v) is 2.45. The Balaban J connectivity index is 2.51. The third kappa shape index (κ3) is 1.83. The van der Waals surface area contributed by atoms with E-state index in [-0.39, 0.29) is 0 Å². The normalized spacial score (nSPS) is 13.0. The van der Waals surface area contributed by atoms with E-state index >= 15 is 0 Å². The van der Waals surface area contributed by atoms with Gasteiger partial charge < -0.3 is 14.8 Å². The first-order valence-electron chi connectivity index (χ1n) is 5.14. The average Bonchev–Trinajstić information content (AvgIpc) is 2.61.